The summed E-state index contributed by atoms with van der Waals surface area (Å²) in [5, 5.41) is 3.64. The third-order valence-corrected chi connectivity index (χ3v) is 7.97. The van der Waals surface area contributed by atoms with Crippen molar-refractivity contribution in [2.75, 3.05) is 32.8 Å². The first-order valence-corrected chi connectivity index (χ1v) is 12.2. The van der Waals surface area contributed by atoms with E-state index in [-0.39, 0.29) is 23.5 Å². The monoisotopic (exact) mass is 463 g/mol. The van der Waals surface area contributed by atoms with Crippen LogP contribution < -0.4 is 5.32 Å². The Morgan fingerprint density at radius 2 is 1.97 bits per heavy atom. The number of carbonyl (C=O) groups is 1. The number of thiazole rings is 1. The molecule has 31 heavy (non-hydrogen) atoms. The molecule has 2 aromatic carbocycles. The van der Waals surface area contributed by atoms with Crippen LogP contribution in [0.2, 0.25) is 0 Å². The zero-order valence-electron chi connectivity index (χ0n) is 16.7. The van der Waals surface area contributed by atoms with Crippen LogP contribution in [0.25, 0.3) is 10.2 Å². The van der Waals surface area contributed by atoms with Crippen molar-refractivity contribution >= 4 is 37.5 Å². The highest BCUT2D eigenvalue weighted by atomic mass is 32.2. The Bertz CT molecular complexity index is 1160. The number of fused-ring (bicyclic) bond motifs is 1. The van der Waals surface area contributed by atoms with E-state index in [0.717, 1.165) is 27.4 Å². The summed E-state index contributed by atoms with van der Waals surface area (Å²) in [7, 11) is -3.81. The van der Waals surface area contributed by atoms with Crippen LogP contribution in [0.15, 0.2) is 47.4 Å². The lowest BCUT2D eigenvalue weighted by atomic mass is 10.2. The minimum atomic E-state index is -3.81. The van der Waals surface area contributed by atoms with Crippen molar-refractivity contribution in [3.63, 3.8) is 0 Å². The van der Waals surface area contributed by atoms with Gasteiger partial charge in [-0.25, -0.2) is 17.8 Å². The molecule has 0 unspecified atom stereocenters. The fourth-order valence-electron chi connectivity index (χ4n) is 3.34. The summed E-state index contributed by atoms with van der Waals surface area (Å²) in [5.74, 6) is -1.40. The molecule has 0 saturated carbocycles. The minimum absolute atomic E-state index is 0.101. The van der Waals surface area contributed by atoms with Crippen LogP contribution in [-0.4, -0.2) is 56.5 Å². The number of para-hydroxylation sites is 1. The molecule has 0 aliphatic carbocycles. The first-order chi connectivity index (χ1) is 14.9. The number of aryl methyl sites for hydroxylation is 1. The highest BCUT2D eigenvalue weighted by Gasteiger charge is 2.27. The number of aromatic nitrogens is 1. The van der Waals surface area contributed by atoms with Crippen molar-refractivity contribution in [3.05, 3.63) is 58.9 Å². The van der Waals surface area contributed by atoms with E-state index in [2.05, 4.69) is 10.3 Å². The zero-order valence-corrected chi connectivity index (χ0v) is 18.3. The number of hydrogen-bond donors (Lipinski definition) is 1. The molecule has 1 aliphatic heterocycles. The van der Waals surface area contributed by atoms with E-state index >= 15 is 0 Å². The van der Waals surface area contributed by atoms with E-state index in [1.54, 1.807) is 11.3 Å². The van der Waals surface area contributed by atoms with Crippen molar-refractivity contribution in [1.82, 2.24) is 14.6 Å². The summed E-state index contributed by atoms with van der Waals surface area (Å²) in [6, 6.07) is 11.2. The fraction of sp³-hybridized carbons (Fsp3) is 0.333. The van der Waals surface area contributed by atoms with E-state index in [9.17, 15) is 17.6 Å². The Balaban J connectivity index is 1.38. The predicted molar refractivity (Wildman–Crippen MR) is 116 cm³/mol. The first-order valence-electron chi connectivity index (χ1n) is 9.95. The second kappa shape index (κ2) is 9.39. The molecule has 0 bridgehead atoms. The van der Waals surface area contributed by atoms with Crippen molar-refractivity contribution < 1.29 is 22.3 Å². The number of benzene rings is 2. The third kappa shape index (κ3) is 4.93. The molecule has 10 heteroatoms. The van der Waals surface area contributed by atoms with Gasteiger partial charge in [0.25, 0.3) is 5.91 Å². The molecule has 0 spiro atoms. The molecule has 164 valence electrons. The molecule has 1 N–H and O–H groups in total. The molecule has 1 aromatic heterocycles. The smallest absolute Gasteiger partial charge is 0.254 e. The van der Waals surface area contributed by atoms with Crippen LogP contribution in [-0.2, 0) is 21.2 Å². The molecule has 4 rings (SSSR count). The highest BCUT2D eigenvalue weighted by molar-refractivity contribution is 7.89. The summed E-state index contributed by atoms with van der Waals surface area (Å²) < 4.78 is 47.4. The number of amides is 1. The lowest BCUT2D eigenvalue weighted by Gasteiger charge is -2.26. The maximum Gasteiger partial charge on any atom is 0.254 e. The lowest BCUT2D eigenvalue weighted by molar-refractivity contribution is 0.0730. The van der Waals surface area contributed by atoms with Gasteiger partial charge in [-0.1, -0.05) is 12.1 Å². The van der Waals surface area contributed by atoms with Crippen molar-refractivity contribution in [2.24, 2.45) is 0 Å². The van der Waals surface area contributed by atoms with Gasteiger partial charge in [-0.2, -0.15) is 4.31 Å². The molecule has 1 fully saturated rings. The van der Waals surface area contributed by atoms with E-state index in [1.165, 1.54) is 10.4 Å². The first kappa shape index (κ1) is 21.8. The van der Waals surface area contributed by atoms with Crippen molar-refractivity contribution in [3.8, 4) is 0 Å². The quantitative estimate of drug-likeness (QED) is 0.545. The van der Waals surface area contributed by atoms with E-state index in [4.69, 9.17) is 4.74 Å². The molecule has 0 atom stereocenters. The second-order valence-corrected chi connectivity index (χ2v) is 10.1. The van der Waals surface area contributed by atoms with Gasteiger partial charge in [-0.15, -0.1) is 11.3 Å². The van der Waals surface area contributed by atoms with Crippen LogP contribution in [0.3, 0.4) is 0 Å². The average Bonchev–Trinajstić information content (AvgIpc) is 3.20. The largest absolute Gasteiger partial charge is 0.379 e. The fourth-order valence-corrected chi connectivity index (χ4v) is 5.78. The standard InChI is InChI=1S/C21H22FN3O4S2/c22-17-8-7-15(31(27,28)25-10-12-29-13-11-25)14-16(17)21(26)23-9-3-6-20-24-18-4-1-2-5-19(18)30-20/h1-2,4-5,7-8,14H,3,6,9-13H2,(H,23,26). The normalized spacial score (nSPS) is 15.3. The SMILES string of the molecule is O=C(NCCCc1nc2ccccc2s1)c1cc(S(=O)(=O)N2CCOCC2)ccc1F. The number of morpholine rings is 1. The van der Waals surface area contributed by atoms with Gasteiger partial charge in [0.1, 0.15) is 5.82 Å². The van der Waals surface area contributed by atoms with Gasteiger partial charge >= 0.3 is 0 Å². The summed E-state index contributed by atoms with van der Waals surface area (Å²) in [6.45, 7) is 1.40. The van der Waals surface area contributed by atoms with Gasteiger partial charge in [0.05, 0.1) is 38.9 Å². The molecule has 0 radical (unpaired) electrons. The second-order valence-electron chi connectivity index (χ2n) is 7.09. The number of rotatable bonds is 7. The van der Waals surface area contributed by atoms with Gasteiger partial charge in [-0.05, 0) is 36.8 Å². The Kier molecular flexibility index (Phi) is 6.61. The number of carbonyl (C=O) groups excluding carboxylic acids is 1. The number of nitrogens with zero attached hydrogens (tertiary/aromatic N) is 2. The van der Waals surface area contributed by atoms with E-state index in [0.29, 0.717) is 32.6 Å². The molecule has 1 saturated heterocycles. The van der Waals surface area contributed by atoms with Gasteiger partial charge in [0.2, 0.25) is 10.0 Å². The van der Waals surface area contributed by atoms with Crippen LogP contribution in [0.1, 0.15) is 21.8 Å². The summed E-state index contributed by atoms with van der Waals surface area (Å²) >= 11 is 1.61. The van der Waals surface area contributed by atoms with Crippen molar-refractivity contribution in [1.29, 1.82) is 0 Å². The molecule has 7 nitrogen and oxygen atoms in total. The maximum absolute atomic E-state index is 14.2. The Hall–Kier alpha value is -2.40. The number of ether oxygens (including phenoxy) is 1. The van der Waals surface area contributed by atoms with E-state index < -0.39 is 21.7 Å². The lowest BCUT2D eigenvalue weighted by Crippen LogP contribution is -2.40. The molecular weight excluding hydrogens is 441 g/mol. The maximum atomic E-state index is 14.2. The number of nitrogens with one attached hydrogen (secondary N) is 1. The third-order valence-electron chi connectivity index (χ3n) is 4.98. The molecule has 3 aromatic rings. The minimum Gasteiger partial charge on any atom is -0.379 e. The average molecular weight is 464 g/mol. The van der Waals surface area contributed by atoms with Crippen LogP contribution in [0.5, 0.6) is 0 Å². The zero-order chi connectivity index (χ0) is 21.8. The highest BCUT2D eigenvalue weighted by Crippen LogP contribution is 2.23. The number of sulfonamides is 1. The van der Waals surface area contributed by atoms with E-state index in [1.807, 2.05) is 24.3 Å². The summed E-state index contributed by atoms with van der Waals surface area (Å²) in [5.41, 5.74) is 0.668. The van der Waals surface area contributed by atoms with Crippen LogP contribution >= 0.6 is 11.3 Å². The van der Waals surface area contributed by atoms with Crippen LogP contribution in [0, 0.1) is 5.82 Å². The summed E-state index contributed by atoms with van der Waals surface area (Å²) in [4.78, 5) is 16.9. The Labute approximate surface area is 183 Å². The topological polar surface area (TPSA) is 88.6 Å². The summed E-state index contributed by atoms with van der Waals surface area (Å²) in [6.07, 6.45) is 1.33. The molecule has 1 amide bonds. The molecular formula is C21H22FN3O4S2. The number of halogens is 1. The molecule has 2 heterocycles. The Morgan fingerprint density at radius 1 is 1.19 bits per heavy atom. The van der Waals surface area contributed by atoms with Gasteiger partial charge in [0.15, 0.2) is 0 Å². The number of hydrogen-bond acceptors (Lipinski definition) is 6. The van der Waals surface area contributed by atoms with Crippen LogP contribution in [0.4, 0.5) is 4.39 Å². The molecule has 1 aliphatic rings. The Morgan fingerprint density at radius 3 is 2.74 bits per heavy atom. The van der Waals surface area contributed by atoms with Gasteiger partial charge in [-0.3, -0.25) is 4.79 Å². The van der Waals surface area contributed by atoms with Crippen molar-refractivity contribution in [2.45, 2.75) is 17.7 Å². The predicted octanol–water partition coefficient (Wildman–Crippen LogP) is 2.82. The van der Waals surface area contributed by atoms with Gasteiger partial charge < -0.3 is 10.1 Å². The van der Waals surface area contributed by atoms with Gasteiger partial charge in [0, 0.05) is 26.1 Å².